The molecule has 25 heavy (non-hydrogen) atoms. The maximum absolute atomic E-state index is 11.7. The van der Waals surface area contributed by atoms with Crippen LogP contribution in [0.25, 0.3) is 28.5 Å². The van der Waals surface area contributed by atoms with Gasteiger partial charge in [0.1, 0.15) is 0 Å². The SMILES string of the molecule is C=Cc1cnc(-c2ccc(C)nc2)c(-c2ccc(S(C)(=O)=O)cc2)c1. The standard InChI is InChI=1S/C20H18N2O2S/c1-4-15-11-19(16-7-9-18(10-8-16)25(3,23)24)20(22-12-15)17-6-5-14(2)21-13-17/h4-13H,1H2,2-3H3. The highest BCUT2D eigenvalue weighted by atomic mass is 32.2. The molecular formula is C20H18N2O2S. The number of hydrogen-bond acceptors (Lipinski definition) is 4. The second-order valence-electron chi connectivity index (χ2n) is 5.85. The lowest BCUT2D eigenvalue weighted by atomic mass is 9.98. The molecule has 0 fully saturated rings. The molecule has 2 heterocycles. The molecule has 0 amide bonds. The summed E-state index contributed by atoms with van der Waals surface area (Å²) in [4.78, 5) is 9.20. The monoisotopic (exact) mass is 350 g/mol. The van der Waals surface area contributed by atoms with Gasteiger partial charge in [-0.15, -0.1) is 0 Å². The highest BCUT2D eigenvalue weighted by Gasteiger charge is 2.12. The van der Waals surface area contributed by atoms with Crippen molar-refractivity contribution >= 4 is 15.9 Å². The Hall–Kier alpha value is -2.79. The average molecular weight is 350 g/mol. The van der Waals surface area contributed by atoms with Crippen molar-refractivity contribution in [2.45, 2.75) is 11.8 Å². The molecule has 0 aliphatic rings. The van der Waals surface area contributed by atoms with E-state index in [9.17, 15) is 8.42 Å². The fourth-order valence-corrected chi connectivity index (χ4v) is 3.16. The van der Waals surface area contributed by atoms with Gasteiger partial charge in [0.2, 0.25) is 0 Å². The van der Waals surface area contributed by atoms with E-state index in [0.717, 1.165) is 33.6 Å². The Kier molecular flexibility index (Phi) is 4.51. The molecule has 5 heteroatoms. The summed E-state index contributed by atoms with van der Waals surface area (Å²) in [6.07, 6.45) is 6.49. The Balaban J connectivity index is 2.16. The summed E-state index contributed by atoms with van der Waals surface area (Å²) in [5.74, 6) is 0. The first-order valence-electron chi connectivity index (χ1n) is 7.74. The third-order valence-corrected chi connectivity index (χ3v) is 5.05. The highest BCUT2D eigenvalue weighted by molar-refractivity contribution is 7.90. The Bertz CT molecular complexity index is 1020. The van der Waals surface area contributed by atoms with E-state index in [1.165, 1.54) is 6.26 Å². The summed E-state index contributed by atoms with van der Waals surface area (Å²) in [5, 5.41) is 0. The van der Waals surface area contributed by atoms with Gasteiger partial charge in [0.15, 0.2) is 9.84 Å². The number of rotatable bonds is 4. The van der Waals surface area contributed by atoms with E-state index >= 15 is 0 Å². The second kappa shape index (κ2) is 6.61. The second-order valence-corrected chi connectivity index (χ2v) is 7.87. The van der Waals surface area contributed by atoms with Crippen LogP contribution in [0.4, 0.5) is 0 Å². The van der Waals surface area contributed by atoms with Crippen LogP contribution in [-0.2, 0) is 9.84 Å². The minimum atomic E-state index is -3.22. The molecular weight excluding hydrogens is 332 g/mol. The summed E-state index contributed by atoms with van der Waals surface area (Å²) < 4.78 is 23.3. The minimum Gasteiger partial charge on any atom is -0.261 e. The maximum Gasteiger partial charge on any atom is 0.175 e. The molecule has 0 saturated heterocycles. The van der Waals surface area contributed by atoms with E-state index in [-0.39, 0.29) is 0 Å². The Morgan fingerprint density at radius 3 is 2.20 bits per heavy atom. The first kappa shape index (κ1) is 17.0. The zero-order valence-electron chi connectivity index (χ0n) is 14.1. The molecule has 0 unspecified atom stereocenters. The number of pyridine rings is 2. The van der Waals surface area contributed by atoms with E-state index in [0.29, 0.717) is 4.90 Å². The van der Waals surface area contributed by atoms with E-state index in [1.54, 1.807) is 42.7 Å². The van der Waals surface area contributed by atoms with Gasteiger partial charge in [-0.2, -0.15) is 0 Å². The van der Waals surface area contributed by atoms with Crippen LogP contribution in [0.1, 0.15) is 11.3 Å². The predicted octanol–water partition coefficient (Wildman–Crippen LogP) is 4.17. The fourth-order valence-electron chi connectivity index (χ4n) is 2.53. The number of hydrogen-bond donors (Lipinski definition) is 0. The topological polar surface area (TPSA) is 59.9 Å². The van der Waals surface area contributed by atoms with Crippen LogP contribution < -0.4 is 0 Å². The lowest BCUT2D eigenvalue weighted by Crippen LogP contribution is -1.97. The van der Waals surface area contributed by atoms with Crippen LogP contribution in [0.5, 0.6) is 0 Å². The molecule has 0 spiro atoms. The number of sulfone groups is 1. The van der Waals surface area contributed by atoms with E-state index in [2.05, 4.69) is 16.5 Å². The zero-order chi connectivity index (χ0) is 18.0. The third kappa shape index (κ3) is 3.67. The zero-order valence-corrected chi connectivity index (χ0v) is 14.9. The number of aryl methyl sites for hydroxylation is 1. The molecule has 1 aromatic carbocycles. The van der Waals surface area contributed by atoms with Crippen LogP contribution >= 0.6 is 0 Å². The minimum absolute atomic E-state index is 0.294. The summed E-state index contributed by atoms with van der Waals surface area (Å²) in [7, 11) is -3.22. The van der Waals surface area contributed by atoms with E-state index in [4.69, 9.17) is 0 Å². The molecule has 3 rings (SSSR count). The van der Waals surface area contributed by atoms with Gasteiger partial charge >= 0.3 is 0 Å². The smallest absolute Gasteiger partial charge is 0.175 e. The summed E-state index contributed by atoms with van der Waals surface area (Å²) in [5.41, 5.74) is 5.33. The van der Waals surface area contributed by atoms with Gasteiger partial charge in [-0.1, -0.05) is 24.8 Å². The van der Waals surface area contributed by atoms with Gasteiger partial charge in [-0.25, -0.2) is 8.42 Å². The molecule has 0 bridgehead atoms. The van der Waals surface area contributed by atoms with Crippen molar-refractivity contribution in [3.63, 3.8) is 0 Å². The maximum atomic E-state index is 11.7. The van der Waals surface area contributed by atoms with Crippen molar-refractivity contribution in [1.29, 1.82) is 0 Å². The lowest BCUT2D eigenvalue weighted by molar-refractivity contribution is 0.602. The molecule has 0 aliphatic carbocycles. The van der Waals surface area contributed by atoms with Gasteiger partial charge in [-0.05, 0) is 48.4 Å². The highest BCUT2D eigenvalue weighted by Crippen LogP contribution is 2.31. The van der Waals surface area contributed by atoms with Crippen molar-refractivity contribution in [2.75, 3.05) is 6.26 Å². The lowest BCUT2D eigenvalue weighted by Gasteiger charge is -2.11. The summed E-state index contributed by atoms with van der Waals surface area (Å²) >= 11 is 0. The van der Waals surface area contributed by atoms with Gasteiger partial charge in [-0.3, -0.25) is 9.97 Å². The van der Waals surface area contributed by atoms with Crippen LogP contribution in [-0.4, -0.2) is 24.6 Å². The van der Waals surface area contributed by atoms with Crippen LogP contribution in [0, 0.1) is 6.92 Å². The molecule has 126 valence electrons. The van der Waals surface area contributed by atoms with Gasteiger partial charge in [0.05, 0.1) is 10.6 Å². The van der Waals surface area contributed by atoms with Gasteiger partial charge in [0, 0.05) is 35.5 Å². The fraction of sp³-hybridized carbons (Fsp3) is 0.100. The molecule has 3 aromatic rings. The molecule has 4 nitrogen and oxygen atoms in total. The van der Waals surface area contributed by atoms with Crippen molar-refractivity contribution < 1.29 is 8.42 Å². The molecule has 2 aromatic heterocycles. The average Bonchev–Trinajstić information content (AvgIpc) is 2.61. The molecule has 0 aliphatic heterocycles. The van der Waals surface area contributed by atoms with Gasteiger partial charge < -0.3 is 0 Å². The third-order valence-electron chi connectivity index (χ3n) is 3.92. The number of benzene rings is 1. The number of nitrogens with zero attached hydrogens (tertiary/aromatic N) is 2. The first-order valence-corrected chi connectivity index (χ1v) is 9.63. The van der Waals surface area contributed by atoms with Crippen molar-refractivity contribution in [3.05, 3.63) is 72.7 Å². The first-order chi connectivity index (χ1) is 11.9. The van der Waals surface area contributed by atoms with Crippen molar-refractivity contribution in [2.24, 2.45) is 0 Å². The molecule has 0 radical (unpaired) electrons. The summed E-state index contributed by atoms with van der Waals surface area (Å²) in [6, 6.07) is 12.7. The van der Waals surface area contributed by atoms with Crippen molar-refractivity contribution in [1.82, 2.24) is 9.97 Å². The molecule has 0 atom stereocenters. The van der Waals surface area contributed by atoms with E-state index < -0.39 is 9.84 Å². The quantitative estimate of drug-likeness (QED) is 0.709. The summed E-state index contributed by atoms with van der Waals surface area (Å²) in [6.45, 7) is 5.73. The Morgan fingerprint density at radius 2 is 1.64 bits per heavy atom. The largest absolute Gasteiger partial charge is 0.261 e. The van der Waals surface area contributed by atoms with Crippen LogP contribution in [0.3, 0.4) is 0 Å². The van der Waals surface area contributed by atoms with E-state index in [1.807, 2.05) is 25.1 Å². The Morgan fingerprint density at radius 1 is 0.960 bits per heavy atom. The van der Waals surface area contributed by atoms with Gasteiger partial charge in [0.25, 0.3) is 0 Å². The van der Waals surface area contributed by atoms with Crippen molar-refractivity contribution in [3.8, 4) is 22.4 Å². The Labute approximate surface area is 147 Å². The molecule has 0 N–H and O–H groups in total. The van der Waals surface area contributed by atoms with Crippen LogP contribution in [0.15, 0.2) is 66.3 Å². The normalized spacial score (nSPS) is 11.3. The predicted molar refractivity (Wildman–Crippen MR) is 101 cm³/mol. The molecule has 0 saturated carbocycles. The number of aromatic nitrogens is 2. The van der Waals surface area contributed by atoms with Crippen LogP contribution in [0.2, 0.25) is 0 Å².